The molecular weight excluding hydrogens is 435 g/mol. The van der Waals surface area contributed by atoms with Crippen molar-refractivity contribution in [2.45, 2.75) is 50.9 Å². The van der Waals surface area contributed by atoms with Gasteiger partial charge in [0, 0.05) is 17.8 Å². The van der Waals surface area contributed by atoms with Crippen molar-refractivity contribution in [3.63, 3.8) is 0 Å². The van der Waals surface area contributed by atoms with E-state index in [1.165, 1.54) is 0 Å². The van der Waals surface area contributed by atoms with Crippen LogP contribution in [0.25, 0.3) is 0 Å². The Morgan fingerprint density at radius 3 is 2.61 bits per heavy atom. The Labute approximate surface area is 194 Å². The number of phenolic OH excluding ortho intramolecular Hbond substituents is 1. The highest BCUT2D eigenvalue weighted by molar-refractivity contribution is 6.00. The van der Waals surface area contributed by atoms with Gasteiger partial charge in [-0.2, -0.15) is 5.10 Å². The van der Waals surface area contributed by atoms with Crippen LogP contribution in [-0.2, 0) is 16.6 Å². The minimum absolute atomic E-state index is 0. The lowest BCUT2D eigenvalue weighted by Gasteiger charge is -2.41. The average Bonchev–Trinajstić information content (AvgIpc) is 3.23. The largest absolute Gasteiger partial charge is 0.508 e. The van der Waals surface area contributed by atoms with Gasteiger partial charge in [-0.25, -0.2) is 0 Å². The molecular formula is C23H28Cl2N4O2. The number of pyridine rings is 1. The zero-order valence-corrected chi connectivity index (χ0v) is 19.4. The van der Waals surface area contributed by atoms with Gasteiger partial charge in [-0.3, -0.25) is 14.9 Å². The molecule has 6 nitrogen and oxygen atoms in total. The van der Waals surface area contributed by atoms with Crippen LogP contribution in [0.1, 0.15) is 61.4 Å². The van der Waals surface area contributed by atoms with Crippen molar-refractivity contribution in [1.29, 1.82) is 0 Å². The Bertz CT molecular complexity index is 1020. The number of amides is 1. The lowest BCUT2D eigenvalue weighted by Crippen LogP contribution is -2.45. The van der Waals surface area contributed by atoms with Crippen molar-refractivity contribution in [2.75, 3.05) is 5.32 Å². The van der Waals surface area contributed by atoms with Crippen molar-refractivity contribution < 1.29 is 9.90 Å². The molecule has 2 aromatic heterocycles. The third kappa shape index (κ3) is 4.41. The summed E-state index contributed by atoms with van der Waals surface area (Å²) in [6, 6.07) is 9.26. The van der Waals surface area contributed by atoms with Crippen LogP contribution in [0, 0.1) is 0 Å². The summed E-state index contributed by atoms with van der Waals surface area (Å²) in [7, 11) is 0. The maximum atomic E-state index is 13.6. The van der Waals surface area contributed by atoms with Gasteiger partial charge in [-0.05, 0) is 60.6 Å². The highest BCUT2D eigenvalue weighted by Crippen LogP contribution is 2.49. The lowest BCUT2D eigenvalue weighted by atomic mass is 9.62. The van der Waals surface area contributed by atoms with Crippen molar-refractivity contribution in [1.82, 2.24) is 15.2 Å². The molecule has 0 aliphatic heterocycles. The minimum atomic E-state index is -0.854. The van der Waals surface area contributed by atoms with Gasteiger partial charge in [-0.1, -0.05) is 26.0 Å². The third-order valence-corrected chi connectivity index (χ3v) is 6.12. The van der Waals surface area contributed by atoms with Crippen LogP contribution >= 0.6 is 24.8 Å². The number of phenols is 1. The van der Waals surface area contributed by atoms with Crippen molar-refractivity contribution in [2.24, 2.45) is 0 Å². The predicted octanol–water partition coefficient (Wildman–Crippen LogP) is 5.10. The first-order valence-corrected chi connectivity index (χ1v) is 9.98. The quantitative estimate of drug-likeness (QED) is 0.502. The molecule has 0 saturated carbocycles. The number of aromatic amines is 1. The standard InChI is InChI=1S/C23H26N4O2.2ClH/c1-14(2)20-10-7-16(13-24-20)27-22(29)23(3)18(15-11-25-26-12-15)9-8-17-19(23)5-4-6-21(17)28;;/h4-7,10-14,18,28H,8-9H2,1-3H3,(H,25,26)(H,27,29);2*1H. The van der Waals surface area contributed by atoms with E-state index in [-0.39, 0.29) is 42.4 Å². The van der Waals surface area contributed by atoms with E-state index in [1.54, 1.807) is 24.5 Å². The fourth-order valence-electron chi connectivity index (χ4n) is 4.40. The third-order valence-electron chi connectivity index (χ3n) is 6.12. The molecule has 0 spiro atoms. The average molecular weight is 463 g/mol. The summed E-state index contributed by atoms with van der Waals surface area (Å²) >= 11 is 0. The second kappa shape index (κ2) is 9.71. The molecule has 2 heterocycles. The molecule has 0 radical (unpaired) electrons. The number of nitrogens with zero attached hydrogens (tertiary/aromatic N) is 2. The van der Waals surface area contributed by atoms with E-state index in [0.717, 1.165) is 28.8 Å². The monoisotopic (exact) mass is 462 g/mol. The topological polar surface area (TPSA) is 90.9 Å². The second-order valence-electron chi connectivity index (χ2n) is 8.21. The highest BCUT2D eigenvalue weighted by atomic mass is 35.5. The van der Waals surface area contributed by atoms with Crippen LogP contribution in [0.2, 0.25) is 0 Å². The molecule has 0 saturated heterocycles. The maximum absolute atomic E-state index is 13.6. The summed E-state index contributed by atoms with van der Waals surface area (Å²) in [4.78, 5) is 18.1. The number of carbonyl (C=O) groups is 1. The molecule has 31 heavy (non-hydrogen) atoms. The highest BCUT2D eigenvalue weighted by Gasteiger charge is 2.48. The Morgan fingerprint density at radius 1 is 1.23 bits per heavy atom. The molecule has 3 N–H and O–H groups in total. The summed E-state index contributed by atoms with van der Waals surface area (Å²) in [6.45, 7) is 6.12. The molecule has 0 bridgehead atoms. The molecule has 166 valence electrons. The van der Waals surface area contributed by atoms with Crippen LogP contribution in [0.3, 0.4) is 0 Å². The Hall–Kier alpha value is -2.57. The molecule has 2 unspecified atom stereocenters. The summed E-state index contributed by atoms with van der Waals surface area (Å²) < 4.78 is 0. The molecule has 1 aromatic carbocycles. The fraction of sp³-hybridized carbons (Fsp3) is 0.348. The number of benzene rings is 1. The summed E-state index contributed by atoms with van der Waals surface area (Å²) in [5, 5.41) is 20.4. The Balaban J connectivity index is 0.00000171. The number of rotatable bonds is 4. The van der Waals surface area contributed by atoms with Gasteiger partial charge in [0.1, 0.15) is 5.75 Å². The first-order chi connectivity index (χ1) is 13.9. The number of anilines is 1. The lowest BCUT2D eigenvalue weighted by molar-refractivity contribution is -0.122. The molecule has 1 aliphatic rings. The van der Waals surface area contributed by atoms with Crippen LogP contribution < -0.4 is 5.32 Å². The van der Waals surface area contributed by atoms with Crippen LogP contribution in [-0.4, -0.2) is 26.2 Å². The Morgan fingerprint density at radius 2 is 2.00 bits per heavy atom. The predicted molar refractivity (Wildman–Crippen MR) is 127 cm³/mol. The fourth-order valence-corrected chi connectivity index (χ4v) is 4.40. The number of aromatic nitrogens is 3. The van der Waals surface area contributed by atoms with Crippen molar-refractivity contribution >= 4 is 36.4 Å². The van der Waals surface area contributed by atoms with E-state index in [4.69, 9.17) is 0 Å². The zero-order chi connectivity index (χ0) is 20.6. The number of fused-ring (bicyclic) bond motifs is 1. The molecule has 8 heteroatoms. The summed E-state index contributed by atoms with van der Waals surface area (Å²) in [6.07, 6.45) is 6.80. The molecule has 3 aromatic rings. The molecule has 1 amide bonds. The summed E-state index contributed by atoms with van der Waals surface area (Å²) in [5.74, 6) is 0.402. The smallest absolute Gasteiger partial charge is 0.235 e. The first kappa shape index (κ1) is 24.7. The molecule has 0 fully saturated rings. The molecule has 2 atom stereocenters. The van der Waals surface area contributed by atoms with Crippen LogP contribution in [0.5, 0.6) is 5.75 Å². The second-order valence-corrected chi connectivity index (χ2v) is 8.21. The number of nitrogens with one attached hydrogen (secondary N) is 2. The number of hydrogen-bond acceptors (Lipinski definition) is 4. The van der Waals surface area contributed by atoms with Gasteiger partial charge in [0.15, 0.2) is 0 Å². The van der Waals surface area contributed by atoms with E-state index in [2.05, 4.69) is 34.3 Å². The number of hydrogen-bond donors (Lipinski definition) is 3. The van der Waals surface area contributed by atoms with E-state index >= 15 is 0 Å². The van der Waals surface area contributed by atoms with Crippen LogP contribution in [0.15, 0.2) is 48.9 Å². The van der Waals surface area contributed by atoms with Gasteiger partial charge in [0.05, 0.1) is 23.5 Å². The number of H-pyrrole nitrogens is 1. The van der Waals surface area contributed by atoms with Crippen molar-refractivity contribution in [3.8, 4) is 5.75 Å². The molecule has 4 rings (SSSR count). The number of halogens is 2. The van der Waals surface area contributed by atoms with Gasteiger partial charge in [-0.15, -0.1) is 24.8 Å². The van der Waals surface area contributed by atoms with Crippen LogP contribution in [0.4, 0.5) is 5.69 Å². The van der Waals surface area contributed by atoms with E-state index in [9.17, 15) is 9.90 Å². The van der Waals surface area contributed by atoms with Gasteiger partial charge in [0.2, 0.25) is 5.91 Å². The first-order valence-electron chi connectivity index (χ1n) is 9.98. The van der Waals surface area contributed by atoms with E-state index in [1.807, 2.05) is 31.3 Å². The normalized spacial score (nSPS) is 19.7. The minimum Gasteiger partial charge on any atom is -0.508 e. The SMILES string of the molecule is CC(C)c1ccc(NC(=O)C2(C)c3cccc(O)c3CCC2c2cn[nH]c2)cn1.Cl.Cl. The molecule has 1 aliphatic carbocycles. The van der Waals surface area contributed by atoms with Gasteiger partial charge >= 0.3 is 0 Å². The van der Waals surface area contributed by atoms with E-state index in [0.29, 0.717) is 18.0 Å². The maximum Gasteiger partial charge on any atom is 0.235 e. The zero-order valence-electron chi connectivity index (χ0n) is 17.8. The van der Waals surface area contributed by atoms with Gasteiger partial charge < -0.3 is 10.4 Å². The van der Waals surface area contributed by atoms with Crippen molar-refractivity contribution in [3.05, 3.63) is 71.3 Å². The Kier molecular flexibility index (Phi) is 7.73. The summed E-state index contributed by atoms with van der Waals surface area (Å²) in [5.41, 5.74) is 3.49. The van der Waals surface area contributed by atoms with Gasteiger partial charge in [0.25, 0.3) is 0 Å². The number of aromatic hydroxyl groups is 1. The number of carbonyl (C=O) groups excluding carboxylic acids is 1. The van der Waals surface area contributed by atoms with E-state index < -0.39 is 5.41 Å².